The molecule has 1 fully saturated rings. The Hall–Kier alpha value is -3.15. The average Bonchev–Trinajstić information content (AvgIpc) is 2.86. The molecule has 2 N–H and O–H groups in total. The summed E-state index contributed by atoms with van der Waals surface area (Å²) in [6, 6.07) is 14.0. The Bertz CT molecular complexity index is 849. The van der Waals surface area contributed by atoms with E-state index in [2.05, 4.69) is 10.6 Å². The van der Waals surface area contributed by atoms with E-state index in [0.717, 1.165) is 21.6 Å². The van der Waals surface area contributed by atoms with Gasteiger partial charge in [-0.05, 0) is 36.6 Å². The van der Waals surface area contributed by atoms with E-state index in [4.69, 9.17) is 0 Å². The van der Waals surface area contributed by atoms with Crippen LogP contribution in [0.4, 0.5) is 10.5 Å². The smallest absolute Gasteiger partial charge is 0.325 e. The van der Waals surface area contributed by atoms with Crippen LogP contribution in [-0.4, -0.2) is 35.3 Å². The third kappa shape index (κ3) is 3.91. The van der Waals surface area contributed by atoms with Crippen LogP contribution >= 0.6 is 0 Å². The molecule has 0 saturated carbocycles. The van der Waals surface area contributed by atoms with Gasteiger partial charge < -0.3 is 10.6 Å². The van der Waals surface area contributed by atoms with Gasteiger partial charge >= 0.3 is 6.03 Å². The summed E-state index contributed by atoms with van der Waals surface area (Å²) in [5.41, 5.74) is 3.57. The third-order valence-electron chi connectivity index (χ3n) is 4.36. The highest BCUT2D eigenvalue weighted by Gasteiger charge is 2.38. The molecule has 3 rings (SSSR count). The zero-order valence-electron chi connectivity index (χ0n) is 14.8. The number of amides is 4. The van der Waals surface area contributed by atoms with Crippen molar-refractivity contribution in [3.05, 3.63) is 65.2 Å². The number of benzene rings is 2. The minimum absolute atomic E-state index is 0.302. The number of rotatable bonds is 5. The summed E-state index contributed by atoms with van der Waals surface area (Å²) in [4.78, 5) is 37.9. The van der Waals surface area contributed by atoms with Crippen molar-refractivity contribution in [3.63, 3.8) is 0 Å². The Morgan fingerprint density at radius 3 is 2.58 bits per heavy atom. The van der Waals surface area contributed by atoms with Crippen molar-refractivity contribution in [2.24, 2.45) is 0 Å². The van der Waals surface area contributed by atoms with Crippen molar-refractivity contribution >= 4 is 23.5 Å². The highest BCUT2D eigenvalue weighted by Crippen LogP contribution is 2.17. The molecule has 2 aromatic rings. The van der Waals surface area contributed by atoms with Gasteiger partial charge in [0.25, 0.3) is 5.91 Å². The van der Waals surface area contributed by atoms with Gasteiger partial charge in [0.15, 0.2) is 0 Å². The van der Waals surface area contributed by atoms with Crippen molar-refractivity contribution in [2.75, 3.05) is 11.9 Å². The minimum Gasteiger partial charge on any atom is -0.325 e. The Balaban J connectivity index is 1.64. The molecule has 2 aromatic carbocycles. The van der Waals surface area contributed by atoms with Crippen LogP contribution in [0.2, 0.25) is 0 Å². The molecule has 6 nitrogen and oxygen atoms in total. The SMILES string of the molecule is Cc1ccc(C)c(NC(=O)CN2C(=O)N[C@@H](Cc3ccccc3)C2=O)c1. The quantitative estimate of drug-likeness (QED) is 0.812. The maximum absolute atomic E-state index is 12.5. The summed E-state index contributed by atoms with van der Waals surface area (Å²) in [6.07, 6.45) is 0.403. The Morgan fingerprint density at radius 1 is 1.12 bits per heavy atom. The normalized spacial score (nSPS) is 16.5. The number of aryl methyl sites for hydroxylation is 2. The van der Waals surface area contributed by atoms with Gasteiger partial charge in [-0.1, -0.05) is 42.5 Å². The van der Waals surface area contributed by atoms with Crippen molar-refractivity contribution in [2.45, 2.75) is 26.3 Å². The number of nitrogens with zero attached hydrogens (tertiary/aromatic N) is 1. The van der Waals surface area contributed by atoms with Crippen molar-refractivity contribution in [1.29, 1.82) is 0 Å². The number of carbonyl (C=O) groups is 3. The molecule has 26 heavy (non-hydrogen) atoms. The molecule has 0 radical (unpaired) electrons. The molecule has 1 atom stereocenters. The maximum Gasteiger partial charge on any atom is 0.325 e. The Morgan fingerprint density at radius 2 is 1.85 bits per heavy atom. The van der Waals surface area contributed by atoms with Gasteiger partial charge in [-0.3, -0.25) is 14.5 Å². The van der Waals surface area contributed by atoms with Crippen LogP contribution in [0.5, 0.6) is 0 Å². The van der Waals surface area contributed by atoms with E-state index in [-0.39, 0.29) is 12.5 Å². The summed E-state index contributed by atoms with van der Waals surface area (Å²) in [7, 11) is 0. The van der Waals surface area contributed by atoms with Gasteiger partial charge in [-0.2, -0.15) is 0 Å². The molecule has 1 saturated heterocycles. The van der Waals surface area contributed by atoms with Crippen LogP contribution in [-0.2, 0) is 16.0 Å². The summed E-state index contributed by atoms with van der Waals surface area (Å²) in [6.45, 7) is 3.52. The lowest BCUT2D eigenvalue weighted by molar-refractivity contribution is -0.130. The molecule has 0 spiro atoms. The standard InChI is InChI=1S/C20H21N3O3/c1-13-8-9-14(2)16(10-13)21-18(24)12-23-19(25)17(22-20(23)26)11-15-6-4-3-5-7-15/h3-10,17H,11-12H2,1-2H3,(H,21,24)(H,22,26)/t17-/m0/s1. The highest BCUT2D eigenvalue weighted by molar-refractivity contribution is 6.08. The van der Waals surface area contributed by atoms with Crippen LogP contribution in [0.3, 0.4) is 0 Å². The molecule has 0 unspecified atom stereocenters. The molecule has 4 amide bonds. The summed E-state index contributed by atoms with van der Waals surface area (Å²) in [5, 5.41) is 5.42. The summed E-state index contributed by atoms with van der Waals surface area (Å²) < 4.78 is 0. The molecule has 0 aliphatic carbocycles. The van der Waals surface area contributed by atoms with E-state index in [1.165, 1.54) is 0 Å². The monoisotopic (exact) mass is 351 g/mol. The van der Waals surface area contributed by atoms with E-state index < -0.39 is 18.0 Å². The number of urea groups is 1. The fraction of sp³-hybridized carbons (Fsp3) is 0.250. The first-order chi connectivity index (χ1) is 12.4. The second kappa shape index (κ2) is 7.39. The third-order valence-corrected chi connectivity index (χ3v) is 4.36. The molecule has 1 aliphatic rings. The van der Waals surface area contributed by atoms with E-state index in [9.17, 15) is 14.4 Å². The molecule has 1 heterocycles. The van der Waals surface area contributed by atoms with Crippen LogP contribution in [0, 0.1) is 13.8 Å². The first-order valence-corrected chi connectivity index (χ1v) is 8.47. The van der Waals surface area contributed by atoms with E-state index >= 15 is 0 Å². The zero-order valence-corrected chi connectivity index (χ0v) is 14.8. The lowest BCUT2D eigenvalue weighted by atomic mass is 10.1. The van der Waals surface area contributed by atoms with Gasteiger partial charge in [0.2, 0.25) is 5.91 Å². The van der Waals surface area contributed by atoms with Gasteiger partial charge in [0.05, 0.1) is 0 Å². The first kappa shape index (κ1) is 17.7. The Labute approximate surface area is 152 Å². The van der Waals surface area contributed by atoms with Crippen LogP contribution in [0.15, 0.2) is 48.5 Å². The number of imide groups is 1. The predicted octanol–water partition coefficient (Wildman–Crippen LogP) is 2.41. The number of hydrogen-bond donors (Lipinski definition) is 2. The minimum atomic E-state index is -0.640. The summed E-state index contributed by atoms with van der Waals surface area (Å²) in [5.74, 6) is -0.780. The van der Waals surface area contributed by atoms with Crippen LogP contribution in [0.25, 0.3) is 0 Å². The second-order valence-electron chi connectivity index (χ2n) is 6.48. The number of carbonyl (C=O) groups excluding carboxylic acids is 3. The Kier molecular flexibility index (Phi) is 5.02. The van der Waals surface area contributed by atoms with Crippen molar-refractivity contribution < 1.29 is 14.4 Å². The topological polar surface area (TPSA) is 78.5 Å². The molecule has 0 bridgehead atoms. The van der Waals surface area contributed by atoms with E-state index in [1.807, 2.05) is 62.4 Å². The number of hydrogen-bond acceptors (Lipinski definition) is 3. The molecule has 6 heteroatoms. The number of nitrogens with one attached hydrogen (secondary N) is 2. The second-order valence-corrected chi connectivity index (χ2v) is 6.48. The first-order valence-electron chi connectivity index (χ1n) is 8.47. The average molecular weight is 351 g/mol. The fourth-order valence-corrected chi connectivity index (χ4v) is 2.92. The van der Waals surface area contributed by atoms with Crippen molar-refractivity contribution in [1.82, 2.24) is 10.2 Å². The van der Waals surface area contributed by atoms with E-state index in [1.54, 1.807) is 0 Å². The van der Waals surface area contributed by atoms with Crippen molar-refractivity contribution in [3.8, 4) is 0 Å². The fourth-order valence-electron chi connectivity index (χ4n) is 2.92. The van der Waals surface area contributed by atoms with Crippen LogP contribution < -0.4 is 10.6 Å². The molecular formula is C20H21N3O3. The van der Waals surface area contributed by atoms with Gasteiger partial charge in [-0.25, -0.2) is 4.79 Å². The van der Waals surface area contributed by atoms with Gasteiger partial charge in [-0.15, -0.1) is 0 Å². The lowest BCUT2D eigenvalue weighted by Crippen LogP contribution is -2.38. The van der Waals surface area contributed by atoms with Gasteiger partial charge in [0, 0.05) is 12.1 Å². The molecular weight excluding hydrogens is 330 g/mol. The highest BCUT2D eigenvalue weighted by atomic mass is 16.2. The zero-order chi connectivity index (χ0) is 18.7. The predicted molar refractivity (Wildman–Crippen MR) is 98.7 cm³/mol. The maximum atomic E-state index is 12.5. The van der Waals surface area contributed by atoms with Crippen LogP contribution in [0.1, 0.15) is 16.7 Å². The largest absolute Gasteiger partial charge is 0.325 e. The number of anilines is 1. The molecule has 134 valence electrons. The molecule has 1 aliphatic heterocycles. The van der Waals surface area contributed by atoms with E-state index in [0.29, 0.717) is 12.1 Å². The lowest BCUT2D eigenvalue weighted by Gasteiger charge is -2.14. The summed E-state index contributed by atoms with van der Waals surface area (Å²) >= 11 is 0. The van der Waals surface area contributed by atoms with Gasteiger partial charge in [0.1, 0.15) is 12.6 Å². The molecule has 0 aromatic heterocycles.